The minimum atomic E-state index is -0.322. The van der Waals surface area contributed by atoms with E-state index in [4.69, 9.17) is 10.5 Å². The summed E-state index contributed by atoms with van der Waals surface area (Å²) in [6.45, 7) is 2.70. The minimum Gasteiger partial charge on any atom is -0.377 e. The van der Waals surface area contributed by atoms with Gasteiger partial charge in [0.2, 0.25) is 0 Å². The molecule has 0 saturated carbocycles. The Morgan fingerprint density at radius 2 is 2.38 bits per heavy atom. The molecule has 0 aliphatic carbocycles. The van der Waals surface area contributed by atoms with E-state index in [2.05, 4.69) is 15.9 Å². The lowest BCUT2D eigenvalue weighted by Crippen LogP contribution is -2.47. The van der Waals surface area contributed by atoms with Gasteiger partial charge < -0.3 is 10.5 Å². The lowest BCUT2D eigenvalue weighted by molar-refractivity contribution is 0.0955. The minimum absolute atomic E-state index is 0.0522. The molecule has 1 saturated heterocycles. The van der Waals surface area contributed by atoms with Crippen molar-refractivity contribution in [2.24, 2.45) is 5.73 Å². The second kappa shape index (κ2) is 4.43. The highest BCUT2D eigenvalue weighted by atomic mass is 79.9. The van der Waals surface area contributed by atoms with E-state index >= 15 is 0 Å². The van der Waals surface area contributed by atoms with Crippen molar-refractivity contribution in [1.29, 1.82) is 0 Å². The lowest BCUT2D eigenvalue weighted by Gasteiger charge is -2.27. The molecular formula is C12H15BrFNO. The molecule has 0 aromatic heterocycles. The first-order valence-electron chi connectivity index (χ1n) is 5.36. The van der Waals surface area contributed by atoms with Gasteiger partial charge in [0, 0.05) is 12.1 Å². The third-order valence-corrected chi connectivity index (χ3v) is 3.87. The van der Waals surface area contributed by atoms with Crippen LogP contribution in [0.2, 0.25) is 0 Å². The molecule has 2 unspecified atom stereocenters. The average Bonchev–Trinajstić information content (AvgIpc) is 2.53. The Morgan fingerprint density at radius 1 is 1.62 bits per heavy atom. The first-order chi connectivity index (χ1) is 7.51. The predicted molar refractivity (Wildman–Crippen MR) is 64.8 cm³/mol. The van der Waals surface area contributed by atoms with Crippen LogP contribution in [0.3, 0.4) is 0 Å². The maximum atomic E-state index is 13.1. The quantitative estimate of drug-likeness (QED) is 0.908. The molecule has 2 rings (SSSR count). The summed E-state index contributed by atoms with van der Waals surface area (Å²) in [5.74, 6) is -0.245. The van der Waals surface area contributed by atoms with E-state index in [0.29, 0.717) is 17.5 Å². The van der Waals surface area contributed by atoms with Gasteiger partial charge in [0.05, 0.1) is 10.6 Å². The van der Waals surface area contributed by atoms with Gasteiger partial charge in [-0.2, -0.15) is 0 Å². The van der Waals surface area contributed by atoms with Crippen LogP contribution in [-0.2, 0) is 11.2 Å². The van der Waals surface area contributed by atoms with Gasteiger partial charge in [0.1, 0.15) is 5.82 Å². The molecule has 1 heterocycles. The van der Waals surface area contributed by atoms with Gasteiger partial charge in [0.15, 0.2) is 0 Å². The van der Waals surface area contributed by atoms with Crippen LogP contribution in [0.15, 0.2) is 22.7 Å². The fourth-order valence-electron chi connectivity index (χ4n) is 2.06. The zero-order valence-corrected chi connectivity index (χ0v) is 10.8. The molecular weight excluding hydrogens is 273 g/mol. The monoisotopic (exact) mass is 287 g/mol. The third kappa shape index (κ3) is 2.29. The Morgan fingerprint density at radius 3 is 2.94 bits per heavy atom. The van der Waals surface area contributed by atoms with Crippen molar-refractivity contribution in [3.8, 4) is 0 Å². The standard InChI is InChI=1S/C12H15BrFNO/c1-8-12(15,4-5-16-8)7-9-2-3-11(14)10(13)6-9/h2-3,6,8H,4-5,7,15H2,1H3. The van der Waals surface area contributed by atoms with Crippen molar-refractivity contribution in [2.45, 2.75) is 31.4 Å². The highest BCUT2D eigenvalue weighted by Crippen LogP contribution is 2.28. The highest BCUT2D eigenvalue weighted by Gasteiger charge is 2.37. The van der Waals surface area contributed by atoms with Crippen LogP contribution in [-0.4, -0.2) is 18.2 Å². The van der Waals surface area contributed by atoms with Crippen LogP contribution in [0.25, 0.3) is 0 Å². The molecule has 0 radical (unpaired) electrons. The van der Waals surface area contributed by atoms with E-state index in [-0.39, 0.29) is 17.5 Å². The molecule has 1 aliphatic heterocycles. The number of benzene rings is 1. The van der Waals surface area contributed by atoms with E-state index in [9.17, 15) is 4.39 Å². The van der Waals surface area contributed by atoms with Gasteiger partial charge in [-0.05, 0) is 53.4 Å². The van der Waals surface area contributed by atoms with E-state index < -0.39 is 0 Å². The summed E-state index contributed by atoms with van der Waals surface area (Å²) in [6, 6.07) is 5.03. The molecule has 0 amide bonds. The van der Waals surface area contributed by atoms with Crippen LogP contribution in [0.5, 0.6) is 0 Å². The molecule has 1 aromatic carbocycles. The van der Waals surface area contributed by atoms with Gasteiger partial charge >= 0.3 is 0 Å². The van der Waals surface area contributed by atoms with E-state index in [1.807, 2.05) is 6.92 Å². The van der Waals surface area contributed by atoms with Crippen molar-refractivity contribution < 1.29 is 9.13 Å². The average molecular weight is 288 g/mol. The number of nitrogens with two attached hydrogens (primary N) is 1. The number of ether oxygens (including phenoxy) is 1. The Bertz CT molecular complexity index is 399. The van der Waals surface area contributed by atoms with Gasteiger partial charge in [-0.1, -0.05) is 6.07 Å². The fourth-order valence-corrected chi connectivity index (χ4v) is 2.48. The van der Waals surface area contributed by atoms with Crippen LogP contribution in [0.1, 0.15) is 18.9 Å². The molecule has 2 atom stereocenters. The largest absolute Gasteiger partial charge is 0.377 e. The third-order valence-electron chi connectivity index (χ3n) is 3.26. The van der Waals surface area contributed by atoms with Crippen molar-refractivity contribution in [3.05, 3.63) is 34.1 Å². The van der Waals surface area contributed by atoms with Crippen LogP contribution >= 0.6 is 15.9 Å². The lowest BCUT2D eigenvalue weighted by atomic mass is 9.86. The molecule has 88 valence electrons. The molecule has 2 nitrogen and oxygen atoms in total. The molecule has 0 bridgehead atoms. The highest BCUT2D eigenvalue weighted by molar-refractivity contribution is 9.10. The smallest absolute Gasteiger partial charge is 0.137 e. The molecule has 4 heteroatoms. The summed E-state index contributed by atoms with van der Waals surface area (Å²) in [5, 5.41) is 0. The fraction of sp³-hybridized carbons (Fsp3) is 0.500. The van der Waals surface area contributed by atoms with Crippen molar-refractivity contribution in [1.82, 2.24) is 0 Å². The van der Waals surface area contributed by atoms with Gasteiger partial charge in [0.25, 0.3) is 0 Å². The molecule has 0 spiro atoms. The molecule has 1 fully saturated rings. The molecule has 1 aromatic rings. The number of rotatable bonds is 2. The maximum absolute atomic E-state index is 13.1. The maximum Gasteiger partial charge on any atom is 0.137 e. The summed E-state index contributed by atoms with van der Waals surface area (Å²) in [6.07, 6.45) is 1.62. The van der Waals surface area contributed by atoms with Crippen LogP contribution in [0.4, 0.5) is 4.39 Å². The Hall–Kier alpha value is -0.450. The Balaban J connectivity index is 2.17. The first kappa shape index (κ1) is 12.0. The molecule has 16 heavy (non-hydrogen) atoms. The SMILES string of the molecule is CC1OCCC1(N)Cc1ccc(F)c(Br)c1. The summed E-state index contributed by atoms with van der Waals surface area (Å²) >= 11 is 3.18. The Labute approximate surface area is 103 Å². The van der Waals surface area contributed by atoms with E-state index in [0.717, 1.165) is 12.0 Å². The van der Waals surface area contributed by atoms with Crippen molar-refractivity contribution in [2.75, 3.05) is 6.61 Å². The summed E-state index contributed by atoms with van der Waals surface area (Å²) in [4.78, 5) is 0. The van der Waals surface area contributed by atoms with Crippen molar-refractivity contribution in [3.63, 3.8) is 0 Å². The second-order valence-corrected chi connectivity index (χ2v) is 5.28. The normalized spacial score (nSPS) is 29.6. The summed E-state index contributed by atoms with van der Waals surface area (Å²) < 4.78 is 19.1. The van der Waals surface area contributed by atoms with Crippen LogP contribution < -0.4 is 5.73 Å². The second-order valence-electron chi connectivity index (χ2n) is 4.42. The topological polar surface area (TPSA) is 35.2 Å². The number of hydrogen-bond donors (Lipinski definition) is 1. The van der Waals surface area contributed by atoms with Crippen molar-refractivity contribution >= 4 is 15.9 Å². The zero-order chi connectivity index (χ0) is 11.8. The van der Waals surface area contributed by atoms with Crippen LogP contribution in [0, 0.1) is 5.82 Å². The number of halogens is 2. The molecule has 2 N–H and O–H groups in total. The summed E-state index contributed by atoms with van der Waals surface area (Å²) in [5.41, 5.74) is 7.00. The summed E-state index contributed by atoms with van der Waals surface area (Å²) in [7, 11) is 0. The predicted octanol–water partition coefficient (Wildman–Crippen LogP) is 2.64. The van der Waals surface area contributed by atoms with E-state index in [1.54, 1.807) is 12.1 Å². The van der Waals surface area contributed by atoms with E-state index in [1.165, 1.54) is 6.07 Å². The first-order valence-corrected chi connectivity index (χ1v) is 6.15. The Kier molecular flexibility index (Phi) is 3.33. The molecule has 1 aliphatic rings. The van der Waals surface area contributed by atoms with Gasteiger partial charge in [-0.15, -0.1) is 0 Å². The van der Waals surface area contributed by atoms with Gasteiger partial charge in [-0.25, -0.2) is 4.39 Å². The zero-order valence-electron chi connectivity index (χ0n) is 9.17. The number of hydrogen-bond acceptors (Lipinski definition) is 2. The van der Waals surface area contributed by atoms with Gasteiger partial charge in [-0.3, -0.25) is 0 Å².